The molecule has 1 amide bonds. The Hall–Kier alpha value is -2.03. The molecule has 0 aliphatic carbocycles. The van der Waals surface area contributed by atoms with E-state index in [-0.39, 0.29) is 18.3 Å². The standard InChI is InChI=1S/C17H17ClN4O2S2/c1-22-15(10-24-13-6-4-12(18)5-7-13)20-21-17(22)26-11-16(23)19-9-14-3-2-8-25-14/h2-8H,9-11H2,1H3,(H,19,23). The lowest BCUT2D eigenvalue weighted by Gasteiger charge is -2.07. The van der Waals surface area contributed by atoms with Crippen LogP contribution in [0.25, 0.3) is 0 Å². The van der Waals surface area contributed by atoms with Crippen LogP contribution in [0.5, 0.6) is 5.75 Å². The first-order valence-corrected chi connectivity index (χ1v) is 10.0. The van der Waals surface area contributed by atoms with E-state index < -0.39 is 0 Å². The summed E-state index contributed by atoms with van der Waals surface area (Å²) in [6.45, 7) is 0.840. The number of amides is 1. The van der Waals surface area contributed by atoms with Crippen molar-refractivity contribution in [3.8, 4) is 5.75 Å². The second-order valence-corrected chi connectivity index (χ2v) is 7.76. The van der Waals surface area contributed by atoms with E-state index in [1.165, 1.54) is 11.8 Å². The van der Waals surface area contributed by atoms with Crippen molar-refractivity contribution in [2.24, 2.45) is 7.05 Å². The van der Waals surface area contributed by atoms with Gasteiger partial charge in [-0.25, -0.2) is 0 Å². The molecule has 0 unspecified atom stereocenters. The average molecular weight is 409 g/mol. The molecule has 26 heavy (non-hydrogen) atoms. The molecule has 0 atom stereocenters. The number of carbonyl (C=O) groups is 1. The van der Waals surface area contributed by atoms with Gasteiger partial charge in [0.15, 0.2) is 11.0 Å². The number of carbonyl (C=O) groups excluding carboxylic acids is 1. The first-order chi connectivity index (χ1) is 12.6. The molecule has 2 heterocycles. The van der Waals surface area contributed by atoms with Gasteiger partial charge in [0.2, 0.25) is 5.91 Å². The Balaban J connectivity index is 1.47. The zero-order chi connectivity index (χ0) is 18.4. The van der Waals surface area contributed by atoms with E-state index in [4.69, 9.17) is 16.3 Å². The second-order valence-electron chi connectivity index (χ2n) is 5.35. The van der Waals surface area contributed by atoms with E-state index in [9.17, 15) is 4.79 Å². The lowest BCUT2D eigenvalue weighted by Crippen LogP contribution is -2.24. The minimum atomic E-state index is -0.0367. The smallest absolute Gasteiger partial charge is 0.230 e. The number of hydrogen-bond acceptors (Lipinski definition) is 6. The van der Waals surface area contributed by atoms with Gasteiger partial charge in [-0.05, 0) is 35.7 Å². The normalized spacial score (nSPS) is 10.7. The van der Waals surface area contributed by atoms with E-state index in [2.05, 4.69) is 15.5 Å². The minimum absolute atomic E-state index is 0.0367. The quantitative estimate of drug-likeness (QED) is 0.577. The summed E-state index contributed by atoms with van der Waals surface area (Å²) in [7, 11) is 1.85. The molecule has 136 valence electrons. The Morgan fingerprint density at radius 1 is 1.31 bits per heavy atom. The molecule has 0 saturated carbocycles. The highest BCUT2D eigenvalue weighted by Gasteiger charge is 2.12. The zero-order valence-electron chi connectivity index (χ0n) is 14.0. The third kappa shape index (κ3) is 5.23. The van der Waals surface area contributed by atoms with Crippen molar-refractivity contribution in [3.05, 3.63) is 57.5 Å². The van der Waals surface area contributed by atoms with Gasteiger partial charge in [0.25, 0.3) is 0 Å². The third-order valence-corrected chi connectivity index (χ3v) is 5.63. The van der Waals surface area contributed by atoms with Crippen molar-refractivity contribution in [1.82, 2.24) is 20.1 Å². The molecule has 1 N–H and O–H groups in total. The van der Waals surface area contributed by atoms with Crippen LogP contribution in [-0.2, 0) is 25.0 Å². The minimum Gasteiger partial charge on any atom is -0.486 e. The van der Waals surface area contributed by atoms with Crippen LogP contribution in [0.3, 0.4) is 0 Å². The van der Waals surface area contributed by atoms with Gasteiger partial charge in [-0.1, -0.05) is 29.4 Å². The molecule has 0 saturated heterocycles. The van der Waals surface area contributed by atoms with Crippen LogP contribution in [0.15, 0.2) is 46.9 Å². The van der Waals surface area contributed by atoms with Crippen LogP contribution < -0.4 is 10.1 Å². The van der Waals surface area contributed by atoms with E-state index in [0.29, 0.717) is 28.3 Å². The maximum absolute atomic E-state index is 11.9. The van der Waals surface area contributed by atoms with Gasteiger partial charge in [0.05, 0.1) is 12.3 Å². The summed E-state index contributed by atoms with van der Waals surface area (Å²) >= 11 is 8.82. The topological polar surface area (TPSA) is 69.0 Å². The number of halogens is 1. The number of nitrogens with zero attached hydrogens (tertiary/aromatic N) is 3. The Bertz CT molecular complexity index is 850. The van der Waals surface area contributed by atoms with E-state index in [1.807, 2.05) is 29.1 Å². The molecule has 2 aromatic heterocycles. The van der Waals surface area contributed by atoms with Crippen LogP contribution >= 0.6 is 34.7 Å². The molecular weight excluding hydrogens is 392 g/mol. The Kier molecular flexibility index (Phi) is 6.54. The second kappa shape index (κ2) is 9.07. The maximum Gasteiger partial charge on any atom is 0.230 e. The highest BCUT2D eigenvalue weighted by Crippen LogP contribution is 2.19. The summed E-state index contributed by atoms with van der Waals surface area (Å²) in [5.74, 6) is 1.64. The van der Waals surface area contributed by atoms with Gasteiger partial charge < -0.3 is 14.6 Å². The van der Waals surface area contributed by atoms with Crippen molar-refractivity contribution in [1.29, 1.82) is 0 Å². The molecule has 0 spiro atoms. The number of thiophene rings is 1. The molecule has 6 nitrogen and oxygen atoms in total. The molecule has 3 rings (SSSR count). The molecule has 3 aromatic rings. The first kappa shape index (κ1) is 18.8. The van der Waals surface area contributed by atoms with Crippen molar-refractivity contribution in [3.63, 3.8) is 0 Å². The van der Waals surface area contributed by atoms with Crippen molar-refractivity contribution in [2.75, 3.05) is 5.75 Å². The Morgan fingerprint density at radius 2 is 2.12 bits per heavy atom. The van der Waals surface area contributed by atoms with Gasteiger partial charge in [-0.15, -0.1) is 21.5 Å². The van der Waals surface area contributed by atoms with Crippen molar-refractivity contribution < 1.29 is 9.53 Å². The van der Waals surface area contributed by atoms with E-state index in [0.717, 1.165) is 4.88 Å². The molecule has 9 heteroatoms. The molecular formula is C17H17ClN4O2S2. The first-order valence-electron chi connectivity index (χ1n) is 7.80. The third-order valence-electron chi connectivity index (χ3n) is 3.48. The van der Waals surface area contributed by atoms with Gasteiger partial charge in [0.1, 0.15) is 12.4 Å². The SMILES string of the molecule is Cn1c(COc2ccc(Cl)cc2)nnc1SCC(=O)NCc1cccs1. The summed E-state index contributed by atoms with van der Waals surface area (Å²) in [6.07, 6.45) is 0. The van der Waals surface area contributed by atoms with Crippen LogP contribution in [0.2, 0.25) is 5.02 Å². The molecule has 0 aliphatic rings. The number of nitrogens with one attached hydrogen (secondary N) is 1. The Morgan fingerprint density at radius 3 is 2.85 bits per heavy atom. The zero-order valence-corrected chi connectivity index (χ0v) is 16.4. The molecule has 0 aliphatic heterocycles. The molecule has 0 fully saturated rings. The number of hydrogen-bond donors (Lipinski definition) is 1. The number of aromatic nitrogens is 3. The lowest BCUT2D eigenvalue weighted by molar-refractivity contribution is -0.118. The summed E-state index contributed by atoms with van der Waals surface area (Å²) in [5.41, 5.74) is 0. The average Bonchev–Trinajstić information content (AvgIpc) is 3.28. The van der Waals surface area contributed by atoms with Crippen LogP contribution in [0, 0.1) is 0 Å². The number of thioether (sulfide) groups is 1. The number of benzene rings is 1. The van der Waals surface area contributed by atoms with Gasteiger partial charge in [-0.3, -0.25) is 4.79 Å². The molecule has 0 bridgehead atoms. The van der Waals surface area contributed by atoms with Crippen LogP contribution in [0.4, 0.5) is 0 Å². The number of rotatable bonds is 8. The van der Waals surface area contributed by atoms with Gasteiger partial charge >= 0.3 is 0 Å². The lowest BCUT2D eigenvalue weighted by atomic mass is 10.3. The predicted octanol–water partition coefficient (Wildman–Crippen LogP) is 3.52. The van der Waals surface area contributed by atoms with Crippen LogP contribution in [-0.4, -0.2) is 26.4 Å². The number of ether oxygens (including phenoxy) is 1. The predicted molar refractivity (Wildman–Crippen MR) is 104 cm³/mol. The van der Waals surface area contributed by atoms with Crippen LogP contribution in [0.1, 0.15) is 10.7 Å². The fourth-order valence-electron chi connectivity index (χ4n) is 2.06. The fourth-order valence-corrected chi connectivity index (χ4v) is 3.59. The van der Waals surface area contributed by atoms with Gasteiger partial charge in [0, 0.05) is 16.9 Å². The van der Waals surface area contributed by atoms with Crippen molar-refractivity contribution in [2.45, 2.75) is 18.3 Å². The van der Waals surface area contributed by atoms with E-state index in [1.54, 1.807) is 35.6 Å². The molecule has 1 aromatic carbocycles. The summed E-state index contributed by atoms with van der Waals surface area (Å²) in [6, 6.07) is 11.1. The van der Waals surface area contributed by atoms with Gasteiger partial charge in [-0.2, -0.15) is 0 Å². The summed E-state index contributed by atoms with van der Waals surface area (Å²) in [5, 5.41) is 14.5. The molecule has 0 radical (unpaired) electrons. The highest BCUT2D eigenvalue weighted by molar-refractivity contribution is 7.99. The fraction of sp³-hybridized carbons (Fsp3) is 0.235. The summed E-state index contributed by atoms with van der Waals surface area (Å²) in [4.78, 5) is 13.1. The van der Waals surface area contributed by atoms with E-state index >= 15 is 0 Å². The largest absolute Gasteiger partial charge is 0.486 e. The summed E-state index contributed by atoms with van der Waals surface area (Å²) < 4.78 is 7.50. The monoisotopic (exact) mass is 408 g/mol. The highest BCUT2D eigenvalue weighted by atomic mass is 35.5. The van der Waals surface area contributed by atoms with Crippen molar-refractivity contribution >= 4 is 40.6 Å². The Labute approximate surface area is 164 Å². The maximum atomic E-state index is 11.9.